The Morgan fingerprint density at radius 1 is 1.59 bits per heavy atom. The lowest BCUT2D eigenvalue weighted by molar-refractivity contribution is 0.0425. The third-order valence-electron chi connectivity index (χ3n) is 2.11. The molecule has 17 heavy (non-hydrogen) atoms. The molecule has 0 spiro atoms. The fourth-order valence-electron chi connectivity index (χ4n) is 1.24. The van der Waals surface area contributed by atoms with E-state index in [1.807, 2.05) is 0 Å². The van der Waals surface area contributed by atoms with Crippen molar-refractivity contribution in [1.29, 1.82) is 0 Å². The summed E-state index contributed by atoms with van der Waals surface area (Å²) in [6.07, 6.45) is 2.74. The first kappa shape index (κ1) is 11.8. The van der Waals surface area contributed by atoms with Crippen molar-refractivity contribution in [2.45, 2.75) is 26.9 Å². The first-order valence-corrected chi connectivity index (χ1v) is 6.04. The van der Waals surface area contributed by atoms with Gasteiger partial charge in [-0.1, -0.05) is 12.1 Å². The molecule has 0 aliphatic carbocycles. The molecule has 2 aromatic rings. The van der Waals surface area contributed by atoms with Crippen LogP contribution in [0.4, 0.5) is 0 Å². The zero-order valence-electron chi connectivity index (χ0n) is 9.60. The highest BCUT2D eigenvalue weighted by molar-refractivity contribution is 7.11. The fourth-order valence-corrected chi connectivity index (χ4v) is 2.01. The first-order valence-electron chi connectivity index (χ1n) is 5.23. The van der Waals surface area contributed by atoms with Gasteiger partial charge in [-0.3, -0.25) is 0 Å². The molecule has 90 valence electrons. The standard InChI is InChI=1S/C11H12N2O3S/c1-3-8-5-12-10(17-8)6-15-11(14)9-4-7(2)13-16-9/h4-5H,3,6H2,1-2H3. The molecule has 6 heteroatoms. The minimum atomic E-state index is -0.515. The number of esters is 1. The van der Waals surface area contributed by atoms with Crippen LogP contribution in [0, 0.1) is 6.92 Å². The van der Waals surface area contributed by atoms with Gasteiger partial charge in [0.2, 0.25) is 5.76 Å². The van der Waals surface area contributed by atoms with Crippen LogP contribution >= 0.6 is 11.3 Å². The van der Waals surface area contributed by atoms with Gasteiger partial charge in [-0.25, -0.2) is 9.78 Å². The molecule has 0 aliphatic heterocycles. The summed E-state index contributed by atoms with van der Waals surface area (Å²) in [5.41, 5.74) is 0.652. The molecular weight excluding hydrogens is 240 g/mol. The average Bonchev–Trinajstić information content (AvgIpc) is 2.94. The van der Waals surface area contributed by atoms with Crippen molar-refractivity contribution in [3.63, 3.8) is 0 Å². The first-order chi connectivity index (χ1) is 8.19. The average molecular weight is 252 g/mol. The minimum Gasteiger partial charge on any atom is -0.452 e. The summed E-state index contributed by atoms with van der Waals surface area (Å²) < 4.78 is 9.86. The molecule has 2 heterocycles. The maximum Gasteiger partial charge on any atom is 0.377 e. The van der Waals surface area contributed by atoms with Gasteiger partial charge in [0.25, 0.3) is 0 Å². The SMILES string of the molecule is CCc1cnc(COC(=O)c2cc(C)no2)s1. The second kappa shape index (κ2) is 5.09. The highest BCUT2D eigenvalue weighted by Gasteiger charge is 2.13. The van der Waals surface area contributed by atoms with E-state index in [0.717, 1.165) is 11.4 Å². The lowest BCUT2D eigenvalue weighted by Crippen LogP contribution is -2.03. The molecular formula is C11H12N2O3S. The maximum absolute atomic E-state index is 11.5. The molecule has 0 bridgehead atoms. The molecule has 0 amide bonds. The van der Waals surface area contributed by atoms with E-state index in [1.54, 1.807) is 30.5 Å². The Bertz CT molecular complexity index is 518. The molecule has 0 unspecified atom stereocenters. The molecule has 0 aromatic carbocycles. The summed E-state index contributed by atoms with van der Waals surface area (Å²) in [6.45, 7) is 3.97. The predicted octanol–water partition coefficient (Wildman–Crippen LogP) is 2.36. The van der Waals surface area contributed by atoms with Crippen LogP contribution in [0.5, 0.6) is 0 Å². The van der Waals surface area contributed by atoms with E-state index in [1.165, 1.54) is 4.88 Å². The van der Waals surface area contributed by atoms with Crippen molar-refractivity contribution < 1.29 is 14.1 Å². The third kappa shape index (κ3) is 2.91. The fraction of sp³-hybridized carbons (Fsp3) is 0.364. The van der Waals surface area contributed by atoms with Crippen LogP contribution in [0.25, 0.3) is 0 Å². The predicted molar refractivity (Wildman–Crippen MR) is 61.9 cm³/mol. The number of aromatic nitrogens is 2. The zero-order valence-corrected chi connectivity index (χ0v) is 10.4. The summed E-state index contributed by atoms with van der Waals surface area (Å²) in [4.78, 5) is 16.9. The molecule has 0 aliphatic rings. The molecule has 0 radical (unpaired) electrons. The lowest BCUT2D eigenvalue weighted by atomic mass is 10.4. The largest absolute Gasteiger partial charge is 0.452 e. The van der Waals surface area contributed by atoms with Gasteiger partial charge >= 0.3 is 5.97 Å². The zero-order chi connectivity index (χ0) is 12.3. The van der Waals surface area contributed by atoms with Crippen LogP contribution in [-0.4, -0.2) is 16.1 Å². The Balaban J connectivity index is 1.92. The van der Waals surface area contributed by atoms with Crippen molar-refractivity contribution in [1.82, 2.24) is 10.1 Å². The van der Waals surface area contributed by atoms with E-state index in [-0.39, 0.29) is 12.4 Å². The molecule has 2 aromatic heterocycles. The molecule has 2 rings (SSSR count). The van der Waals surface area contributed by atoms with E-state index in [0.29, 0.717) is 5.69 Å². The monoisotopic (exact) mass is 252 g/mol. The maximum atomic E-state index is 11.5. The van der Waals surface area contributed by atoms with Crippen molar-refractivity contribution in [2.75, 3.05) is 0 Å². The normalized spacial score (nSPS) is 10.5. The number of carbonyl (C=O) groups is 1. The highest BCUT2D eigenvalue weighted by Crippen LogP contribution is 2.15. The Morgan fingerprint density at radius 2 is 2.41 bits per heavy atom. The molecule has 0 N–H and O–H groups in total. The third-order valence-corrected chi connectivity index (χ3v) is 3.22. The van der Waals surface area contributed by atoms with E-state index in [9.17, 15) is 4.79 Å². The van der Waals surface area contributed by atoms with Crippen LogP contribution < -0.4 is 0 Å². The van der Waals surface area contributed by atoms with Gasteiger partial charge in [0, 0.05) is 17.1 Å². The van der Waals surface area contributed by atoms with Crippen LogP contribution in [-0.2, 0) is 17.8 Å². The molecule has 0 atom stereocenters. The smallest absolute Gasteiger partial charge is 0.377 e. The van der Waals surface area contributed by atoms with Gasteiger partial charge < -0.3 is 9.26 Å². The quantitative estimate of drug-likeness (QED) is 0.781. The van der Waals surface area contributed by atoms with Crippen LogP contribution in [0.1, 0.15) is 33.1 Å². The van der Waals surface area contributed by atoms with Gasteiger partial charge in [-0.05, 0) is 13.3 Å². The van der Waals surface area contributed by atoms with Gasteiger partial charge in [0.05, 0.1) is 5.69 Å². The Hall–Kier alpha value is -1.69. The van der Waals surface area contributed by atoms with Crippen molar-refractivity contribution in [3.05, 3.63) is 33.6 Å². The summed E-state index contributed by atoms with van der Waals surface area (Å²) in [7, 11) is 0. The molecule has 0 saturated carbocycles. The highest BCUT2D eigenvalue weighted by atomic mass is 32.1. The summed E-state index contributed by atoms with van der Waals surface area (Å²) in [6, 6.07) is 1.54. The topological polar surface area (TPSA) is 65.2 Å². The summed E-state index contributed by atoms with van der Waals surface area (Å²) in [5.74, 6) is -0.395. The lowest BCUT2D eigenvalue weighted by Gasteiger charge is -1.98. The number of aryl methyl sites for hydroxylation is 2. The summed E-state index contributed by atoms with van der Waals surface area (Å²) in [5, 5.41) is 4.40. The number of rotatable bonds is 4. The Labute approximate surface area is 102 Å². The van der Waals surface area contributed by atoms with Crippen molar-refractivity contribution in [3.8, 4) is 0 Å². The number of hydrogen-bond acceptors (Lipinski definition) is 6. The Morgan fingerprint density at radius 3 is 3.00 bits per heavy atom. The second-order valence-electron chi connectivity index (χ2n) is 3.48. The number of carbonyl (C=O) groups excluding carboxylic acids is 1. The number of nitrogens with zero attached hydrogens (tertiary/aromatic N) is 2. The van der Waals surface area contributed by atoms with E-state index in [4.69, 9.17) is 9.26 Å². The van der Waals surface area contributed by atoms with Gasteiger partial charge in [0.15, 0.2) is 0 Å². The molecule has 0 saturated heterocycles. The van der Waals surface area contributed by atoms with Crippen LogP contribution in [0.15, 0.2) is 16.8 Å². The van der Waals surface area contributed by atoms with Crippen LogP contribution in [0.2, 0.25) is 0 Å². The van der Waals surface area contributed by atoms with Crippen LogP contribution in [0.3, 0.4) is 0 Å². The van der Waals surface area contributed by atoms with E-state index in [2.05, 4.69) is 17.1 Å². The van der Waals surface area contributed by atoms with Gasteiger partial charge in [-0.2, -0.15) is 0 Å². The Kier molecular flexibility index (Phi) is 3.53. The van der Waals surface area contributed by atoms with E-state index >= 15 is 0 Å². The summed E-state index contributed by atoms with van der Waals surface area (Å²) >= 11 is 1.54. The van der Waals surface area contributed by atoms with E-state index < -0.39 is 5.97 Å². The number of hydrogen-bond donors (Lipinski definition) is 0. The second-order valence-corrected chi connectivity index (χ2v) is 4.68. The molecule has 0 fully saturated rings. The number of ether oxygens (including phenoxy) is 1. The minimum absolute atomic E-state index is 0.120. The van der Waals surface area contributed by atoms with Crippen molar-refractivity contribution >= 4 is 17.3 Å². The van der Waals surface area contributed by atoms with Gasteiger partial charge in [0.1, 0.15) is 11.6 Å². The van der Waals surface area contributed by atoms with Gasteiger partial charge in [-0.15, -0.1) is 11.3 Å². The van der Waals surface area contributed by atoms with Crippen molar-refractivity contribution in [2.24, 2.45) is 0 Å². The number of thiazole rings is 1. The molecule has 5 nitrogen and oxygen atoms in total.